The topological polar surface area (TPSA) is 28.7 Å². The highest BCUT2D eigenvalue weighted by atomic mass is 79.9. The molecule has 3 aromatic carbocycles. The summed E-state index contributed by atoms with van der Waals surface area (Å²) in [6.07, 6.45) is 0. The van der Waals surface area contributed by atoms with Gasteiger partial charge < -0.3 is 4.98 Å². The Balaban J connectivity index is 1.88. The third-order valence-electron chi connectivity index (χ3n) is 4.49. The van der Waals surface area contributed by atoms with Crippen LogP contribution in [0.25, 0.3) is 33.9 Å². The van der Waals surface area contributed by atoms with E-state index in [9.17, 15) is 0 Å². The van der Waals surface area contributed by atoms with E-state index < -0.39 is 0 Å². The van der Waals surface area contributed by atoms with Crippen molar-refractivity contribution in [2.45, 2.75) is 13.8 Å². The Labute approximate surface area is 162 Å². The van der Waals surface area contributed by atoms with Crippen molar-refractivity contribution in [1.82, 2.24) is 9.97 Å². The van der Waals surface area contributed by atoms with E-state index in [1.807, 2.05) is 12.1 Å². The number of imidazole rings is 1. The Morgan fingerprint density at radius 1 is 0.654 bits per heavy atom. The number of H-pyrrole nitrogens is 1. The average molecular weight is 403 g/mol. The van der Waals surface area contributed by atoms with E-state index in [1.165, 1.54) is 11.1 Å². The summed E-state index contributed by atoms with van der Waals surface area (Å²) in [5, 5.41) is 0. The highest BCUT2D eigenvalue weighted by Crippen LogP contribution is 2.33. The maximum absolute atomic E-state index is 4.94. The molecule has 3 heteroatoms. The monoisotopic (exact) mass is 402 g/mol. The molecule has 1 heterocycles. The standard InChI is InChI=1S/C23H19BrN2/c1-15-3-7-17(8-4-15)21-22(18-9-5-16(2)6-10-18)26-23(25-21)19-11-13-20(24)14-12-19/h3-14H,1-2H3,(H,25,26). The second-order valence-corrected chi connectivity index (χ2v) is 7.46. The molecule has 0 aliphatic rings. The quantitative estimate of drug-likeness (QED) is 0.401. The number of nitrogens with zero attached hydrogens (tertiary/aromatic N) is 1. The average Bonchev–Trinajstić information content (AvgIpc) is 3.09. The van der Waals surface area contributed by atoms with Gasteiger partial charge in [0.1, 0.15) is 5.82 Å². The van der Waals surface area contributed by atoms with Crippen LogP contribution in [0.5, 0.6) is 0 Å². The number of rotatable bonds is 3. The molecule has 0 fully saturated rings. The van der Waals surface area contributed by atoms with E-state index in [0.29, 0.717) is 0 Å². The van der Waals surface area contributed by atoms with Gasteiger partial charge in [-0.05, 0) is 26.0 Å². The minimum absolute atomic E-state index is 0.878. The van der Waals surface area contributed by atoms with Crippen LogP contribution in [-0.4, -0.2) is 9.97 Å². The molecule has 0 unspecified atom stereocenters. The lowest BCUT2D eigenvalue weighted by molar-refractivity contribution is 1.31. The number of halogens is 1. The summed E-state index contributed by atoms with van der Waals surface area (Å²) in [7, 11) is 0. The predicted octanol–water partition coefficient (Wildman–Crippen LogP) is 6.79. The second kappa shape index (κ2) is 6.93. The molecule has 0 aliphatic carbocycles. The number of hydrogen-bond donors (Lipinski definition) is 1. The first kappa shape index (κ1) is 16.8. The van der Waals surface area contributed by atoms with Crippen molar-refractivity contribution >= 4 is 15.9 Å². The molecule has 0 amide bonds. The maximum Gasteiger partial charge on any atom is 0.138 e. The summed E-state index contributed by atoms with van der Waals surface area (Å²) in [4.78, 5) is 8.48. The van der Waals surface area contributed by atoms with Gasteiger partial charge >= 0.3 is 0 Å². The Bertz CT molecular complexity index is 964. The third-order valence-corrected chi connectivity index (χ3v) is 5.02. The van der Waals surface area contributed by atoms with Gasteiger partial charge in [-0.1, -0.05) is 87.7 Å². The first-order valence-electron chi connectivity index (χ1n) is 8.60. The molecule has 128 valence electrons. The lowest BCUT2D eigenvalue weighted by Gasteiger charge is -2.04. The zero-order valence-electron chi connectivity index (χ0n) is 14.8. The SMILES string of the molecule is Cc1ccc(-c2nc(-c3ccc(Br)cc3)[nH]c2-c2ccc(C)cc2)cc1. The summed E-state index contributed by atoms with van der Waals surface area (Å²) < 4.78 is 1.06. The van der Waals surface area contributed by atoms with Gasteiger partial charge in [0.15, 0.2) is 0 Å². The first-order chi connectivity index (χ1) is 12.6. The molecule has 1 N–H and O–H groups in total. The molecule has 0 saturated carbocycles. The van der Waals surface area contributed by atoms with Gasteiger partial charge in [-0.25, -0.2) is 4.98 Å². The number of aryl methyl sites for hydroxylation is 2. The summed E-state index contributed by atoms with van der Waals surface area (Å²) in [5.74, 6) is 0.878. The summed E-state index contributed by atoms with van der Waals surface area (Å²) in [6.45, 7) is 4.20. The summed E-state index contributed by atoms with van der Waals surface area (Å²) in [5.41, 5.74) is 7.85. The van der Waals surface area contributed by atoms with Crippen molar-refractivity contribution in [2.75, 3.05) is 0 Å². The molecule has 0 aliphatic heterocycles. The molecule has 4 aromatic rings. The van der Waals surface area contributed by atoms with Crippen molar-refractivity contribution in [3.05, 3.63) is 88.4 Å². The number of benzene rings is 3. The maximum atomic E-state index is 4.94. The number of nitrogens with one attached hydrogen (secondary N) is 1. The van der Waals surface area contributed by atoms with E-state index in [1.54, 1.807) is 0 Å². The van der Waals surface area contributed by atoms with Crippen molar-refractivity contribution in [2.24, 2.45) is 0 Å². The summed E-state index contributed by atoms with van der Waals surface area (Å²) >= 11 is 3.49. The molecular weight excluding hydrogens is 384 g/mol. The zero-order valence-corrected chi connectivity index (χ0v) is 16.3. The van der Waals surface area contributed by atoms with E-state index >= 15 is 0 Å². The molecule has 0 atom stereocenters. The molecule has 2 nitrogen and oxygen atoms in total. The lowest BCUT2D eigenvalue weighted by Crippen LogP contribution is -1.84. The predicted molar refractivity (Wildman–Crippen MR) is 112 cm³/mol. The van der Waals surface area contributed by atoms with Crippen LogP contribution < -0.4 is 0 Å². The van der Waals surface area contributed by atoms with Crippen LogP contribution in [0.2, 0.25) is 0 Å². The van der Waals surface area contributed by atoms with E-state index in [-0.39, 0.29) is 0 Å². The Morgan fingerprint density at radius 2 is 1.15 bits per heavy atom. The number of hydrogen-bond acceptors (Lipinski definition) is 1. The Morgan fingerprint density at radius 3 is 1.73 bits per heavy atom. The minimum Gasteiger partial charge on any atom is -0.337 e. The van der Waals surface area contributed by atoms with Crippen molar-refractivity contribution in [3.63, 3.8) is 0 Å². The van der Waals surface area contributed by atoms with Gasteiger partial charge in [0.05, 0.1) is 11.4 Å². The van der Waals surface area contributed by atoms with Crippen LogP contribution in [0.15, 0.2) is 77.3 Å². The number of aromatic nitrogens is 2. The smallest absolute Gasteiger partial charge is 0.138 e. The normalized spacial score (nSPS) is 10.9. The Kier molecular flexibility index (Phi) is 4.48. The minimum atomic E-state index is 0.878. The van der Waals surface area contributed by atoms with Crippen molar-refractivity contribution in [1.29, 1.82) is 0 Å². The molecule has 4 rings (SSSR count). The highest BCUT2D eigenvalue weighted by molar-refractivity contribution is 9.10. The van der Waals surface area contributed by atoms with Crippen LogP contribution in [0.3, 0.4) is 0 Å². The van der Waals surface area contributed by atoms with Crippen LogP contribution in [-0.2, 0) is 0 Å². The van der Waals surface area contributed by atoms with Crippen molar-refractivity contribution in [3.8, 4) is 33.9 Å². The summed E-state index contributed by atoms with van der Waals surface area (Å²) in [6, 6.07) is 25.3. The molecule has 0 saturated heterocycles. The first-order valence-corrected chi connectivity index (χ1v) is 9.39. The van der Waals surface area contributed by atoms with Gasteiger partial charge in [-0.15, -0.1) is 0 Å². The number of aromatic amines is 1. The van der Waals surface area contributed by atoms with E-state index in [4.69, 9.17) is 4.98 Å². The van der Waals surface area contributed by atoms with Crippen LogP contribution in [0, 0.1) is 13.8 Å². The van der Waals surface area contributed by atoms with Gasteiger partial charge in [-0.3, -0.25) is 0 Å². The third kappa shape index (κ3) is 3.35. The largest absolute Gasteiger partial charge is 0.337 e. The van der Waals surface area contributed by atoms with E-state index in [0.717, 1.165) is 38.4 Å². The fourth-order valence-electron chi connectivity index (χ4n) is 2.97. The van der Waals surface area contributed by atoms with Crippen LogP contribution in [0.1, 0.15) is 11.1 Å². The fourth-order valence-corrected chi connectivity index (χ4v) is 3.23. The van der Waals surface area contributed by atoms with Crippen LogP contribution >= 0.6 is 15.9 Å². The fraction of sp³-hybridized carbons (Fsp3) is 0.0870. The highest BCUT2D eigenvalue weighted by Gasteiger charge is 2.15. The molecule has 0 bridgehead atoms. The van der Waals surface area contributed by atoms with Gasteiger partial charge in [0.2, 0.25) is 0 Å². The zero-order chi connectivity index (χ0) is 18.1. The molecular formula is C23H19BrN2. The van der Waals surface area contributed by atoms with Crippen molar-refractivity contribution < 1.29 is 0 Å². The molecule has 26 heavy (non-hydrogen) atoms. The van der Waals surface area contributed by atoms with Gasteiger partial charge in [-0.2, -0.15) is 0 Å². The van der Waals surface area contributed by atoms with Gasteiger partial charge in [0, 0.05) is 21.2 Å². The van der Waals surface area contributed by atoms with Crippen LogP contribution in [0.4, 0.5) is 0 Å². The molecule has 0 spiro atoms. The molecule has 0 radical (unpaired) electrons. The Hall–Kier alpha value is -2.65. The lowest BCUT2D eigenvalue weighted by atomic mass is 10.0. The van der Waals surface area contributed by atoms with E-state index in [2.05, 4.69) is 95.4 Å². The molecule has 1 aromatic heterocycles. The second-order valence-electron chi connectivity index (χ2n) is 6.55. The van der Waals surface area contributed by atoms with Gasteiger partial charge in [0.25, 0.3) is 0 Å².